The van der Waals surface area contributed by atoms with Crippen molar-refractivity contribution < 1.29 is 4.79 Å². The Kier molecular flexibility index (Phi) is 5.81. The van der Waals surface area contributed by atoms with Crippen molar-refractivity contribution >= 4 is 5.91 Å². The maximum Gasteiger partial charge on any atom is 0.234 e. The molecule has 1 saturated carbocycles. The molecule has 20 heavy (non-hydrogen) atoms. The summed E-state index contributed by atoms with van der Waals surface area (Å²) < 4.78 is 0. The molecule has 0 bridgehead atoms. The Balaban J connectivity index is 1.65. The van der Waals surface area contributed by atoms with Gasteiger partial charge in [-0.1, -0.05) is 0 Å². The highest BCUT2D eigenvalue weighted by molar-refractivity contribution is 5.78. The van der Waals surface area contributed by atoms with Crippen LogP contribution >= 0.6 is 0 Å². The maximum atomic E-state index is 12.1. The first-order valence-electron chi connectivity index (χ1n) is 7.98. The van der Waals surface area contributed by atoms with Crippen molar-refractivity contribution in [2.75, 3.05) is 33.7 Å². The molecular weight excluding hydrogens is 252 g/mol. The minimum atomic E-state index is 0.189. The lowest BCUT2D eigenvalue weighted by Gasteiger charge is -2.35. The fraction of sp³-hybridized carbons (Fsp3) is 0.933. The molecule has 0 unspecified atom stereocenters. The normalized spacial score (nSPS) is 29.6. The van der Waals surface area contributed by atoms with Crippen LogP contribution in [-0.4, -0.2) is 67.6 Å². The predicted molar refractivity (Wildman–Crippen MR) is 81.5 cm³/mol. The Labute approximate surface area is 122 Å². The Morgan fingerprint density at radius 2 is 1.75 bits per heavy atom. The highest BCUT2D eigenvalue weighted by Gasteiger charge is 2.24. The summed E-state index contributed by atoms with van der Waals surface area (Å²) in [7, 11) is 4.28. The highest BCUT2D eigenvalue weighted by Crippen LogP contribution is 2.17. The molecule has 3 N–H and O–H groups in total. The molecule has 1 saturated heterocycles. The van der Waals surface area contributed by atoms with E-state index < -0.39 is 0 Å². The van der Waals surface area contributed by atoms with Crippen molar-refractivity contribution in [2.45, 2.75) is 56.7 Å². The summed E-state index contributed by atoms with van der Waals surface area (Å²) in [6.45, 7) is 2.63. The van der Waals surface area contributed by atoms with Crippen molar-refractivity contribution in [3.63, 3.8) is 0 Å². The van der Waals surface area contributed by atoms with Crippen LogP contribution in [0.4, 0.5) is 0 Å². The molecule has 0 atom stereocenters. The van der Waals surface area contributed by atoms with E-state index in [4.69, 9.17) is 5.73 Å². The lowest BCUT2D eigenvalue weighted by molar-refractivity contribution is -0.123. The van der Waals surface area contributed by atoms with Crippen LogP contribution in [0.15, 0.2) is 0 Å². The summed E-state index contributed by atoms with van der Waals surface area (Å²) in [5.74, 6) is 0.189. The molecule has 5 heteroatoms. The Morgan fingerprint density at radius 3 is 2.30 bits per heavy atom. The average Bonchev–Trinajstić information content (AvgIpc) is 2.42. The van der Waals surface area contributed by atoms with Gasteiger partial charge in [0, 0.05) is 31.2 Å². The van der Waals surface area contributed by atoms with Gasteiger partial charge >= 0.3 is 0 Å². The van der Waals surface area contributed by atoms with E-state index in [-0.39, 0.29) is 5.91 Å². The molecule has 1 heterocycles. The molecule has 0 aromatic rings. The van der Waals surface area contributed by atoms with Crippen LogP contribution in [-0.2, 0) is 4.79 Å². The zero-order chi connectivity index (χ0) is 14.5. The molecule has 0 radical (unpaired) electrons. The van der Waals surface area contributed by atoms with Gasteiger partial charge < -0.3 is 16.0 Å². The van der Waals surface area contributed by atoms with Crippen LogP contribution in [0.5, 0.6) is 0 Å². The SMILES string of the molecule is CN(C)C1CCN(CC(=O)N[C@H]2CC[C@H](N)CC2)CC1. The maximum absolute atomic E-state index is 12.1. The molecule has 1 aliphatic heterocycles. The van der Waals surface area contributed by atoms with E-state index >= 15 is 0 Å². The minimum absolute atomic E-state index is 0.189. The predicted octanol–water partition coefficient (Wildman–Crippen LogP) is 0.399. The van der Waals surface area contributed by atoms with Gasteiger partial charge in [-0.05, 0) is 52.6 Å². The molecule has 116 valence electrons. The number of nitrogens with one attached hydrogen (secondary N) is 1. The van der Waals surface area contributed by atoms with Crippen molar-refractivity contribution in [1.29, 1.82) is 0 Å². The van der Waals surface area contributed by atoms with Gasteiger partial charge in [-0.25, -0.2) is 0 Å². The number of hydrogen-bond donors (Lipinski definition) is 2. The number of piperidine rings is 1. The largest absolute Gasteiger partial charge is 0.352 e. The van der Waals surface area contributed by atoms with Gasteiger partial charge in [0.05, 0.1) is 6.54 Å². The molecule has 2 aliphatic rings. The number of likely N-dealkylation sites (tertiary alicyclic amines) is 1. The number of amides is 1. The smallest absolute Gasteiger partial charge is 0.234 e. The van der Waals surface area contributed by atoms with E-state index in [9.17, 15) is 4.79 Å². The van der Waals surface area contributed by atoms with Gasteiger partial charge in [0.2, 0.25) is 5.91 Å². The van der Waals surface area contributed by atoms with Crippen LogP contribution in [0.25, 0.3) is 0 Å². The molecule has 2 rings (SSSR count). The second-order valence-corrected chi connectivity index (χ2v) is 6.65. The van der Waals surface area contributed by atoms with Gasteiger partial charge in [0.15, 0.2) is 0 Å². The quantitative estimate of drug-likeness (QED) is 0.783. The molecule has 0 spiro atoms. The van der Waals surface area contributed by atoms with Gasteiger partial charge in [-0.2, -0.15) is 0 Å². The summed E-state index contributed by atoms with van der Waals surface area (Å²) in [5.41, 5.74) is 5.89. The standard InChI is InChI=1S/C15H30N4O/c1-18(2)14-7-9-19(10-8-14)11-15(20)17-13-5-3-12(16)4-6-13/h12-14H,3-11,16H2,1-2H3,(H,17,20)/t12-,13-. The first kappa shape index (κ1) is 15.7. The van der Waals surface area contributed by atoms with E-state index in [2.05, 4.69) is 29.2 Å². The van der Waals surface area contributed by atoms with Crippen LogP contribution < -0.4 is 11.1 Å². The summed E-state index contributed by atoms with van der Waals surface area (Å²) in [4.78, 5) is 16.7. The van der Waals surface area contributed by atoms with Crippen LogP contribution in [0, 0.1) is 0 Å². The monoisotopic (exact) mass is 282 g/mol. The number of carbonyl (C=O) groups excluding carboxylic acids is 1. The lowest BCUT2D eigenvalue weighted by atomic mass is 9.92. The lowest BCUT2D eigenvalue weighted by Crippen LogP contribution is -2.48. The summed E-state index contributed by atoms with van der Waals surface area (Å²) >= 11 is 0. The van der Waals surface area contributed by atoms with E-state index in [0.29, 0.717) is 24.7 Å². The number of carbonyl (C=O) groups is 1. The fourth-order valence-corrected chi connectivity index (χ4v) is 3.33. The van der Waals surface area contributed by atoms with E-state index in [1.54, 1.807) is 0 Å². The van der Waals surface area contributed by atoms with Crippen molar-refractivity contribution in [3.8, 4) is 0 Å². The summed E-state index contributed by atoms with van der Waals surface area (Å²) in [6, 6.07) is 1.36. The molecule has 0 aromatic carbocycles. The summed E-state index contributed by atoms with van der Waals surface area (Å²) in [5, 5.41) is 3.17. The zero-order valence-corrected chi connectivity index (χ0v) is 13.0. The average molecular weight is 282 g/mol. The Morgan fingerprint density at radius 1 is 1.15 bits per heavy atom. The third-order valence-corrected chi connectivity index (χ3v) is 4.79. The zero-order valence-electron chi connectivity index (χ0n) is 13.0. The number of nitrogens with two attached hydrogens (primary N) is 1. The molecule has 1 aliphatic carbocycles. The highest BCUT2D eigenvalue weighted by atomic mass is 16.2. The molecule has 5 nitrogen and oxygen atoms in total. The number of hydrogen-bond acceptors (Lipinski definition) is 4. The van der Waals surface area contributed by atoms with Crippen molar-refractivity contribution in [3.05, 3.63) is 0 Å². The Bertz CT molecular complexity index is 305. The van der Waals surface area contributed by atoms with Crippen LogP contribution in [0.3, 0.4) is 0 Å². The third kappa shape index (κ3) is 4.72. The second kappa shape index (κ2) is 7.38. The van der Waals surface area contributed by atoms with E-state index in [1.165, 1.54) is 12.8 Å². The first-order valence-corrected chi connectivity index (χ1v) is 7.98. The minimum Gasteiger partial charge on any atom is -0.352 e. The number of rotatable bonds is 4. The fourth-order valence-electron chi connectivity index (χ4n) is 3.33. The summed E-state index contributed by atoms with van der Waals surface area (Å²) in [6.07, 6.45) is 6.49. The first-order chi connectivity index (χ1) is 9.54. The molecule has 2 fully saturated rings. The van der Waals surface area contributed by atoms with Crippen LogP contribution in [0.2, 0.25) is 0 Å². The Hall–Kier alpha value is -0.650. The third-order valence-electron chi connectivity index (χ3n) is 4.79. The van der Waals surface area contributed by atoms with E-state index in [1.807, 2.05) is 0 Å². The van der Waals surface area contributed by atoms with Gasteiger partial charge in [-0.3, -0.25) is 9.69 Å². The van der Waals surface area contributed by atoms with Crippen molar-refractivity contribution in [1.82, 2.24) is 15.1 Å². The number of nitrogens with zero attached hydrogens (tertiary/aromatic N) is 2. The molecule has 1 amide bonds. The van der Waals surface area contributed by atoms with Crippen molar-refractivity contribution in [2.24, 2.45) is 5.73 Å². The molecular formula is C15H30N4O. The van der Waals surface area contributed by atoms with E-state index in [0.717, 1.165) is 38.8 Å². The second-order valence-electron chi connectivity index (χ2n) is 6.65. The van der Waals surface area contributed by atoms with Crippen LogP contribution in [0.1, 0.15) is 38.5 Å². The molecule has 0 aromatic heterocycles. The van der Waals surface area contributed by atoms with Gasteiger partial charge in [0.25, 0.3) is 0 Å². The van der Waals surface area contributed by atoms with Gasteiger partial charge in [0.1, 0.15) is 0 Å². The topological polar surface area (TPSA) is 61.6 Å². The van der Waals surface area contributed by atoms with Gasteiger partial charge in [-0.15, -0.1) is 0 Å².